The minimum atomic E-state index is -2.46. The summed E-state index contributed by atoms with van der Waals surface area (Å²) in [6, 6.07) is 0. The minimum absolute atomic E-state index is 0.575. The summed E-state index contributed by atoms with van der Waals surface area (Å²) in [7, 11) is 0. The molecule has 0 aromatic carbocycles. The maximum atomic E-state index is 14.9. The van der Waals surface area contributed by atoms with E-state index in [2.05, 4.69) is 20.8 Å². The quantitative estimate of drug-likeness (QED) is 0.432. The van der Waals surface area contributed by atoms with Crippen molar-refractivity contribution >= 4 is 18.4 Å². The Bertz CT molecular complexity index is 189. The van der Waals surface area contributed by atoms with E-state index >= 15 is 0 Å². The predicted octanol–water partition coefficient (Wildman–Crippen LogP) is 5.88. The van der Waals surface area contributed by atoms with Gasteiger partial charge in [0.25, 0.3) is 0 Å². The van der Waals surface area contributed by atoms with E-state index < -0.39 is 22.1 Å². The van der Waals surface area contributed by atoms with E-state index in [4.69, 9.17) is 0 Å². The second kappa shape index (κ2) is 7.35. The summed E-state index contributed by atoms with van der Waals surface area (Å²) in [6.07, 6.45) is 9.53. The Morgan fingerprint density at radius 3 is 1.41 bits per heavy atom. The van der Waals surface area contributed by atoms with Gasteiger partial charge in [-0.25, -0.2) is 0 Å². The Hall–Kier alpha value is 0.729. The molecule has 0 nitrogen and oxygen atoms in total. The molecule has 0 amide bonds. The SMILES string of the molecule is CCC[CH2][Sn]([CH2]CCC)([CH2]CCC)[C]1(F)CC1. The average molecular weight is 349 g/mol. The molecule has 0 aromatic rings. The summed E-state index contributed by atoms with van der Waals surface area (Å²) in [4.78, 5) is 0. The third kappa shape index (κ3) is 4.11. The molecule has 0 saturated heterocycles. The first-order chi connectivity index (χ1) is 8.14. The first-order valence-corrected chi connectivity index (χ1v) is 15.3. The zero-order valence-corrected chi connectivity index (χ0v) is 15.0. The van der Waals surface area contributed by atoms with Gasteiger partial charge in [-0.1, -0.05) is 0 Å². The number of hydrogen-bond donors (Lipinski definition) is 0. The Balaban J connectivity index is 2.68. The van der Waals surface area contributed by atoms with Crippen LogP contribution in [-0.4, -0.2) is 22.1 Å². The summed E-state index contributed by atoms with van der Waals surface area (Å²) in [5, 5.41) is 0. The van der Waals surface area contributed by atoms with Gasteiger partial charge in [-0.05, 0) is 0 Å². The number of hydrogen-bond acceptors (Lipinski definition) is 0. The summed E-state index contributed by atoms with van der Waals surface area (Å²) in [5.41, 5.74) is 0. The van der Waals surface area contributed by atoms with Gasteiger partial charge < -0.3 is 0 Å². The standard InChI is InChI=1S/3C4H9.C3H4F.Sn/c3*1-3-4-2;4-3-1-2-3;/h3*1,3-4H2,2H3;1-2H2;. The fourth-order valence-electron chi connectivity index (χ4n) is 3.23. The number of unbranched alkanes of at least 4 members (excludes halogenated alkanes) is 3. The van der Waals surface area contributed by atoms with Crippen molar-refractivity contribution in [3.8, 4) is 0 Å². The van der Waals surface area contributed by atoms with Gasteiger partial charge in [-0.2, -0.15) is 0 Å². The molecule has 1 rings (SSSR count). The molecule has 17 heavy (non-hydrogen) atoms. The van der Waals surface area contributed by atoms with Crippen molar-refractivity contribution in [1.82, 2.24) is 0 Å². The molecule has 0 N–H and O–H groups in total. The van der Waals surface area contributed by atoms with Crippen LogP contribution in [0.4, 0.5) is 4.39 Å². The first kappa shape index (κ1) is 15.8. The maximum absolute atomic E-state index is 14.9. The van der Waals surface area contributed by atoms with Crippen LogP contribution in [0.25, 0.3) is 0 Å². The van der Waals surface area contributed by atoms with Gasteiger partial charge in [-0.15, -0.1) is 0 Å². The van der Waals surface area contributed by atoms with E-state index in [1.54, 1.807) is 0 Å². The Morgan fingerprint density at radius 1 is 0.824 bits per heavy atom. The van der Waals surface area contributed by atoms with Gasteiger partial charge in [-0.3, -0.25) is 0 Å². The van der Waals surface area contributed by atoms with Crippen molar-refractivity contribution < 1.29 is 4.39 Å². The Labute approximate surface area is 112 Å². The fourth-order valence-corrected chi connectivity index (χ4v) is 21.4. The van der Waals surface area contributed by atoms with Gasteiger partial charge in [0.15, 0.2) is 0 Å². The molecular weight excluding hydrogens is 318 g/mol. The van der Waals surface area contributed by atoms with Gasteiger partial charge in [0.2, 0.25) is 0 Å². The van der Waals surface area contributed by atoms with Crippen molar-refractivity contribution in [2.75, 3.05) is 0 Å². The molecule has 2 heteroatoms. The summed E-state index contributed by atoms with van der Waals surface area (Å²) in [5.74, 6) is 0. The van der Waals surface area contributed by atoms with Gasteiger partial charge in [0.05, 0.1) is 0 Å². The fraction of sp³-hybridized carbons (Fsp3) is 1.00. The number of rotatable bonds is 10. The second-order valence-corrected chi connectivity index (χ2v) is 20.2. The van der Waals surface area contributed by atoms with E-state index in [0.29, 0.717) is 0 Å². The van der Waals surface area contributed by atoms with Gasteiger partial charge in [0, 0.05) is 0 Å². The van der Waals surface area contributed by atoms with Crippen LogP contribution in [0.15, 0.2) is 0 Å². The van der Waals surface area contributed by atoms with E-state index in [1.807, 2.05) is 0 Å². The molecule has 0 spiro atoms. The van der Waals surface area contributed by atoms with Crippen LogP contribution in [0, 0.1) is 0 Å². The molecule has 1 aliphatic rings. The van der Waals surface area contributed by atoms with E-state index in [9.17, 15) is 4.39 Å². The molecule has 0 heterocycles. The van der Waals surface area contributed by atoms with Crippen molar-refractivity contribution in [2.45, 2.75) is 89.1 Å². The molecule has 0 atom stereocenters. The third-order valence-electron chi connectivity index (χ3n) is 4.67. The molecule has 0 aromatic heterocycles. The average Bonchev–Trinajstić information content (AvgIpc) is 3.08. The second-order valence-electron chi connectivity index (χ2n) is 6.06. The number of alkyl halides is 1. The summed E-state index contributed by atoms with van der Waals surface area (Å²) in [6.45, 7) is 6.77. The summed E-state index contributed by atoms with van der Waals surface area (Å²) >= 11 is -2.46. The zero-order valence-electron chi connectivity index (χ0n) is 12.2. The molecule has 0 bridgehead atoms. The van der Waals surface area contributed by atoms with E-state index in [1.165, 1.54) is 51.8 Å². The van der Waals surface area contributed by atoms with Gasteiger partial charge in [0.1, 0.15) is 0 Å². The Morgan fingerprint density at radius 2 is 1.18 bits per heavy atom. The van der Waals surface area contributed by atoms with Crippen LogP contribution in [0.1, 0.15) is 72.1 Å². The van der Waals surface area contributed by atoms with Crippen LogP contribution in [0.2, 0.25) is 13.3 Å². The molecule has 0 aliphatic heterocycles. The molecule has 1 aliphatic carbocycles. The third-order valence-corrected chi connectivity index (χ3v) is 22.7. The monoisotopic (exact) mass is 350 g/mol. The van der Waals surface area contributed by atoms with E-state index in [0.717, 1.165) is 12.8 Å². The van der Waals surface area contributed by atoms with Crippen LogP contribution in [-0.2, 0) is 0 Å². The van der Waals surface area contributed by atoms with Crippen molar-refractivity contribution in [1.29, 1.82) is 0 Å². The molecule has 1 saturated carbocycles. The molecular formula is C15H31FSn. The van der Waals surface area contributed by atoms with Crippen LogP contribution in [0.3, 0.4) is 0 Å². The number of halogens is 1. The molecule has 0 radical (unpaired) electrons. The van der Waals surface area contributed by atoms with Crippen LogP contribution in [0.5, 0.6) is 0 Å². The normalized spacial score (nSPS) is 18.4. The summed E-state index contributed by atoms with van der Waals surface area (Å²) < 4.78 is 18.3. The van der Waals surface area contributed by atoms with Crippen molar-refractivity contribution in [2.24, 2.45) is 0 Å². The van der Waals surface area contributed by atoms with Gasteiger partial charge >= 0.3 is 112 Å². The van der Waals surface area contributed by atoms with Crippen molar-refractivity contribution in [3.05, 3.63) is 0 Å². The Kier molecular flexibility index (Phi) is 6.82. The molecule has 102 valence electrons. The molecule has 1 fully saturated rings. The van der Waals surface area contributed by atoms with E-state index in [-0.39, 0.29) is 0 Å². The zero-order chi connectivity index (χ0) is 12.8. The van der Waals surface area contributed by atoms with Crippen molar-refractivity contribution in [3.63, 3.8) is 0 Å². The first-order valence-electron chi connectivity index (χ1n) is 7.83. The predicted molar refractivity (Wildman–Crippen MR) is 78.0 cm³/mol. The molecule has 0 unspecified atom stereocenters. The topological polar surface area (TPSA) is 0 Å². The van der Waals surface area contributed by atoms with Crippen LogP contribution < -0.4 is 0 Å². The van der Waals surface area contributed by atoms with Crippen LogP contribution >= 0.6 is 0 Å².